The van der Waals surface area contributed by atoms with E-state index < -0.39 is 24.1 Å². The molecule has 116 valence electrons. The largest absolute Gasteiger partial charge is 0.479 e. The number of benzene rings is 2. The lowest BCUT2D eigenvalue weighted by Gasteiger charge is -2.03. The highest BCUT2D eigenvalue weighted by Gasteiger charge is 2.14. The van der Waals surface area contributed by atoms with Crippen LogP contribution in [0.2, 0.25) is 0 Å². The van der Waals surface area contributed by atoms with Crippen molar-refractivity contribution in [3.63, 3.8) is 0 Å². The van der Waals surface area contributed by atoms with Crippen LogP contribution in [0.25, 0.3) is 0 Å². The van der Waals surface area contributed by atoms with Crippen molar-refractivity contribution in [1.82, 2.24) is 0 Å². The molecule has 0 heterocycles. The molecule has 6 nitrogen and oxygen atoms in total. The van der Waals surface area contributed by atoms with Gasteiger partial charge in [0.05, 0.1) is 0 Å². The standard InChI is InChI=1S/2C8H8O3/c2*9-7(8(10)11)6-4-2-1-3-5-6/h2*1-5,7,9H,(H,10,11)/t2*7-/m10/s1. The zero-order chi connectivity index (χ0) is 16.5. The number of carboxylic acids is 2. The zero-order valence-electron chi connectivity index (χ0n) is 11.5. The highest BCUT2D eigenvalue weighted by atomic mass is 16.4. The molecule has 0 spiro atoms. The van der Waals surface area contributed by atoms with Crippen molar-refractivity contribution in [3.05, 3.63) is 71.8 Å². The van der Waals surface area contributed by atoms with E-state index >= 15 is 0 Å². The van der Waals surface area contributed by atoms with E-state index in [2.05, 4.69) is 0 Å². The van der Waals surface area contributed by atoms with Crippen molar-refractivity contribution in [2.75, 3.05) is 0 Å². The normalized spacial score (nSPS) is 12.5. The number of rotatable bonds is 4. The second-order valence-electron chi connectivity index (χ2n) is 4.30. The van der Waals surface area contributed by atoms with Gasteiger partial charge in [0.2, 0.25) is 0 Å². The molecule has 22 heavy (non-hydrogen) atoms. The van der Waals surface area contributed by atoms with Crippen molar-refractivity contribution < 1.29 is 30.0 Å². The predicted molar refractivity (Wildman–Crippen MR) is 78.1 cm³/mol. The first-order valence-corrected chi connectivity index (χ1v) is 6.35. The van der Waals surface area contributed by atoms with E-state index in [-0.39, 0.29) is 0 Å². The molecule has 0 amide bonds. The Morgan fingerprint density at radius 2 is 0.909 bits per heavy atom. The van der Waals surface area contributed by atoms with Gasteiger partial charge in [0, 0.05) is 0 Å². The fourth-order valence-corrected chi connectivity index (χ4v) is 1.56. The van der Waals surface area contributed by atoms with Gasteiger partial charge < -0.3 is 20.4 Å². The Morgan fingerprint density at radius 3 is 1.14 bits per heavy atom. The Labute approximate surface area is 126 Å². The summed E-state index contributed by atoms with van der Waals surface area (Å²) in [4.78, 5) is 20.5. The van der Waals surface area contributed by atoms with Crippen LogP contribution in [0.1, 0.15) is 23.3 Å². The van der Waals surface area contributed by atoms with Gasteiger partial charge in [0.1, 0.15) is 0 Å². The average molecular weight is 304 g/mol. The Kier molecular flexibility index (Phi) is 6.75. The molecule has 0 saturated heterocycles. The maximum atomic E-state index is 10.2. The highest BCUT2D eigenvalue weighted by Crippen LogP contribution is 2.11. The van der Waals surface area contributed by atoms with Gasteiger partial charge in [-0.1, -0.05) is 60.7 Å². The minimum atomic E-state index is -1.41. The molecule has 0 bridgehead atoms. The van der Waals surface area contributed by atoms with Crippen LogP contribution in [0.5, 0.6) is 0 Å². The Hall–Kier alpha value is -2.70. The molecule has 0 aliphatic heterocycles. The molecule has 0 aromatic heterocycles. The minimum absolute atomic E-state index is 0.403. The summed E-state index contributed by atoms with van der Waals surface area (Å²) < 4.78 is 0. The lowest BCUT2D eigenvalue weighted by Crippen LogP contribution is -2.09. The van der Waals surface area contributed by atoms with Crippen LogP contribution in [-0.2, 0) is 9.59 Å². The van der Waals surface area contributed by atoms with E-state index in [1.54, 1.807) is 60.7 Å². The third-order valence-corrected chi connectivity index (χ3v) is 2.70. The Balaban J connectivity index is 0.000000220. The van der Waals surface area contributed by atoms with Crippen LogP contribution in [0, 0.1) is 0 Å². The first-order chi connectivity index (χ1) is 10.4. The van der Waals surface area contributed by atoms with Gasteiger partial charge >= 0.3 is 11.9 Å². The van der Waals surface area contributed by atoms with E-state index in [4.69, 9.17) is 20.4 Å². The van der Waals surface area contributed by atoms with E-state index in [1.165, 1.54) is 0 Å². The zero-order valence-corrected chi connectivity index (χ0v) is 11.5. The molecule has 0 aliphatic rings. The second-order valence-corrected chi connectivity index (χ2v) is 4.30. The quantitative estimate of drug-likeness (QED) is 0.682. The molecule has 2 rings (SSSR count). The number of aliphatic hydroxyl groups is 2. The maximum absolute atomic E-state index is 10.2. The predicted octanol–water partition coefficient (Wildman–Crippen LogP) is 1.61. The van der Waals surface area contributed by atoms with Gasteiger partial charge in [-0.15, -0.1) is 0 Å². The fourth-order valence-electron chi connectivity index (χ4n) is 1.56. The lowest BCUT2D eigenvalue weighted by atomic mass is 10.1. The lowest BCUT2D eigenvalue weighted by molar-refractivity contribution is -0.147. The summed E-state index contributed by atoms with van der Waals surface area (Å²) in [5.41, 5.74) is 0.806. The molecule has 0 radical (unpaired) electrons. The van der Waals surface area contributed by atoms with Gasteiger partial charge in [-0.25, -0.2) is 9.59 Å². The number of aliphatic hydroxyl groups excluding tert-OH is 2. The SMILES string of the molecule is O=C(O)[C@@H](O)c1ccccc1.O=C(O)[C@H](O)c1ccccc1. The Morgan fingerprint density at radius 1 is 0.636 bits per heavy atom. The smallest absolute Gasteiger partial charge is 0.337 e. The van der Waals surface area contributed by atoms with Crippen LogP contribution in [0.15, 0.2) is 60.7 Å². The molecule has 0 unspecified atom stereocenters. The fraction of sp³-hybridized carbons (Fsp3) is 0.125. The number of carbonyl (C=O) groups is 2. The van der Waals surface area contributed by atoms with Crippen LogP contribution in [-0.4, -0.2) is 32.4 Å². The highest BCUT2D eigenvalue weighted by molar-refractivity contribution is 5.74. The van der Waals surface area contributed by atoms with Crippen LogP contribution < -0.4 is 0 Å². The topological polar surface area (TPSA) is 115 Å². The van der Waals surface area contributed by atoms with Gasteiger partial charge in [-0.2, -0.15) is 0 Å². The summed E-state index contributed by atoms with van der Waals surface area (Å²) in [6, 6.07) is 16.5. The molecule has 2 aromatic carbocycles. The average Bonchev–Trinajstić information content (AvgIpc) is 2.55. The first-order valence-electron chi connectivity index (χ1n) is 6.35. The summed E-state index contributed by atoms with van der Waals surface area (Å²) in [5.74, 6) is -2.45. The summed E-state index contributed by atoms with van der Waals surface area (Å²) >= 11 is 0. The molecule has 0 aliphatic carbocycles. The molecule has 0 saturated carbocycles. The summed E-state index contributed by atoms with van der Waals surface area (Å²) in [6.07, 6.45) is -2.81. The van der Waals surface area contributed by atoms with Gasteiger partial charge in [0.15, 0.2) is 12.2 Å². The van der Waals surface area contributed by atoms with E-state index in [0.717, 1.165) is 0 Å². The molecule has 2 aromatic rings. The molecular formula is C16H16O6. The number of hydrogen-bond donors (Lipinski definition) is 4. The van der Waals surface area contributed by atoms with Crippen molar-refractivity contribution in [2.45, 2.75) is 12.2 Å². The van der Waals surface area contributed by atoms with Crippen LogP contribution in [0.4, 0.5) is 0 Å². The van der Waals surface area contributed by atoms with Crippen LogP contribution in [0.3, 0.4) is 0 Å². The molecule has 2 atom stereocenters. The number of aliphatic carboxylic acids is 2. The Bertz CT molecular complexity index is 541. The monoisotopic (exact) mass is 304 g/mol. The van der Waals surface area contributed by atoms with E-state index in [9.17, 15) is 9.59 Å². The second kappa shape index (κ2) is 8.56. The number of carboxylic acid groups (broad SMARTS) is 2. The maximum Gasteiger partial charge on any atom is 0.337 e. The van der Waals surface area contributed by atoms with Gasteiger partial charge in [0.25, 0.3) is 0 Å². The van der Waals surface area contributed by atoms with Gasteiger partial charge in [-0.05, 0) is 11.1 Å². The van der Waals surface area contributed by atoms with Crippen molar-refractivity contribution in [1.29, 1.82) is 0 Å². The third-order valence-electron chi connectivity index (χ3n) is 2.70. The molecular weight excluding hydrogens is 288 g/mol. The van der Waals surface area contributed by atoms with E-state index in [1.807, 2.05) is 0 Å². The molecule has 0 fully saturated rings. The van der Waals surface area contributed by atoms with Crippen molar-refractivity contribution in [2.24, 2.45) is 0 Å². The third kappa shape index (κ3) is 5.35. The number of hydrogen-bond acceptors (Lipinski definition) is 4. The van der Waals surface area contributed by atoms with E-state index in [0.29, 0.717) is 11.1 Å². The van der Waals surface area contributed by atoms with Crippen molar-refractivity contribution in [3.8, 4) is 0 Å². The molecule has 6 heteroatoms. The van der Waals surface area contributed by atoms with Crippen molar-refractivity contribution >= 4 is 11.9 Å². The minimum Gasteiger partial charge on any atom is -0.479 e. The summed E-state index contributed by atoms with van der Waals surface area (Å²) in [6.45, 7) is 0. The van der Waals surface area contributed by atoms with Gasteiger partial charge in [-0.3, -0.25) is 0 Å². The van der Waals surface area contributed by atoms with Crippen LogP contribution >= 0.6 is 0 Å². The summed E-state index contributed by atoms with van der Waals surface area (Å²) in [5, 5.41) is 34.8. The first kappa shape index (κ1) is 17.4. The summed E-state index contributed by atoms with van der Waals surface area (Å²) in [7, 11) is 0. The molecule has 4 N–H and O–H groups in total.